The molecule has 0 N–H and O–H groups in total. The standard InChI is InChI=1S/2C9H11.C2H7Si.ClH.Zr/c2*1-2-5-9-7-3-6-8(9)4-1;1-3-2;;/h2*1-2,4,6,9H,3,5,7H2;3H,1-2H3;1H;/q2*-1;;;+3/p-1. The molecule has 2 saturated carbocycles. The second kappa shape index (κ2) is 13.4. The van der Waals surface area contributed by atoms with Crippen LogP contribution in [0.1, 0.15) is 38.5 Å². The van der Waals surface area contributed by atoms with Gasteiger partial charge in [-0.25, -0.2) is 36.1 Å². The summed E-state index contributed by atoms with van der Waals surface area (Å²) in [6, 6.07) is 0. The fourth-order valence-electron chi connectivity index (χ4n) is 3.33. The molecule has 4 aliphatic carbocycles. The summed E-state index contributed by atoms with van der Waals surface area (Å²) in [4.78, 5) is 0. The van der Waals surface area contributed by atoms with E-state index in [0.717, 1.165) is 21.4 Å². The van der Waals surface area contributed by atoms with Gasteiger partial charge in [0, 0.05) is 9.52 Å². The zero-order valence-corrected chi connectivity index (χ0v) is 18.8. The molecule has 2 unspecified atom stereocenters. The van der Waals surface area contributed by atoms with Gasteiger partial charge in [0.15, 0.2) is 0 Å². The molecule has 0 spiro atoms. The molecular weight excluding hydrogens is 395 g/mol. The van der Waals surface area contributed by atoms with Crippen molar-refractivity contribution in [2.24, 2.45) is 11.8 Å². The number of allylic oxidation sites excluding steroid dienone is 8. The normalized spacial score (nSPS) is 25.1. The molecule has 4 rings (SSSR count). The molecule has 0 heterocycles. The van der Waals surface area contributed by atoms with E-state index >= 15 is 0 Å². The minimum absolute atomic E-state index is 0. The van der Waals surface area contributed by atoms with Gasteiger partial charge in [0.2, 0.25) is 0 Å². The summed E-state index contributed by atoms with van der Waals surface area (Å²) in [7, 11) is 0.750. The van der Waals surface area contributed by atoms with E-state index in [-0.39, 0.29) is 38.6 Å². The van der Waals surface area contributed by atoms with Crippen LogP contribution >= 0.6 is 0 Å². The van der Waals surface area contributed by atoms with E-state index in [0.29, 0.717) is 0 Å². The van der Waals surface area contributed by atoms with Gasteiger partial charge in [-0.3, -0.25) is 0 Å². The Balaban J connectivity index is 0.000000336. The summed E-state index contributed by atoms with van der Waals surface area (Å²) < 4.78 is 0. The Bertz CT molecular complexity index is 397. The zero-order valence-electron chi connectivity index (χ0n) is 14.5. The van der Waals surface area contributed by atoms with Crippen molar-refractivity contribution in [3.05, 3.63) is 60.4 Å². The van der Waals surface area contributed by atoms with Crippen molar-refractivity contribution in [3.8, 4) is 0 Å². The summed E-state index contributed by atoms with van der Waals surface area (Å²) >= 11 is 0. The molecule has 0 aromatic heterocycles. The van der Waals surface area contributed by atoms with E-state index in [1.54, 1.807) is 11.1 Å². The van der Waals surface area contributed by atoms with Gasteiger partial charge in [-0.2, -0.15) is 0 Å². The van der Waals surface area contributed by atoms with Gasteiger partial charge in [0.1, 0.15) is 0 Å². The zero-order chi connectivity index (χ0) is 14.9. The maximum atomic E-state index is 2.37. The van der Waals surface area contributed by atoms with Crippen LogP contribution in [0.4, 0.5) is 0 Å². The smallest absolute Gasteiger partial charge is 1.00 e. The van der Waals surface area contributed by atoms with Gasteiger partial charge >= 0.3 is 26.2 Å². The van der Waals surface area contributed by atoms with Crippen LogP contribution in [0.2, 0.25) is 13.1 Å². The van der Waals surface area contributed by atoms with Crippen LogP contribution in [-0.2, 0) is 26.2 Å². The topological polar surface area (TPSA) is 0 Å². The van der Waals surface area contributed by atoms with Crippen LogP contribution in [-0.4, -0.2) is 9.52 Å². The average Bonchev–Trinajstić information content (AvgIpc) is 3.17. The van der Waals surface area contributed by atoms with E-state index in [2.05, 4.69) is 62.4 Å². The van der Waals surface area contributed by atoms with Crippen molar-refractivity contribution in [2.75, 3.05) is 0 Å². The molecule has 0 amide bonds. The summed E-state index contributed by atoms with van der Waals surface area (Å²) in [5.41, 5.74) is 3.16. The first-order valence-electron chi connectivity index (χ1n) is 8.49. The van der Waals surface area contributed by atoms with Crippen LogP contribution in [0, 0.1) is 24.7 Å². The second-order valence-electron chi connectivity index (χ2n) is 6.20. The molecular formula is C20H29ClSiZr. The van der Waals surface area contributed by atoms with Gasteiger partial charge in [-0.05, 0) is 24.7 Å². The van der Waals surface area contributed by atoms with Crippen molar-refractivity contribution in [1.29, 1.82) is 0 Å². The molecule has 2 atom stereocenters. The molecule has 23 heavy (non-hydrogen) atoms. The molecule has 2 radical (unpaired) electrons. The van der Waals surface area contributed by atoms with E-state index < -0.39 is 0 Å². The van der Waals surface area contributed by atoms with Gasteiger partial charge < -0.3 is 12.4 Å². The summed E-state index contributed by atoms with van der Waals surface area (Å²) in [5.74, 6) is 1.77. The number of fused-ring (bicyclic) bond motifs is 2. The van der Waals surface area contributed by atoms with Crippen molar-refractivity contribution >= 4 is 9.52 Å². The van der Waals surface area contributed by atoms with Gasteiger partial charge in [-0.1, -0.05) is 25.9 Å². The molecule has 0 aliphatic heterocycles. The Morgan fingerprint density at radius 2 is 1.26 bits per heavy atom. The van der Waals surface area contributed by atoms with E-state index in [1.807, 2.05) is 0 Å². The van der Waals surface area contributed by atoms with Crippen LogP contribution in [0.25, 0.3) is 0 Å². The first-order chi connectivity index (χ1) is 10.3. The Labute approximate surface area is 171 Å². The Morgan fingerprint density at radius 1 is 0.870 bits per heavy atom. The van der Waals surface area contributed by atoms with Crippen molar-refractivity contribution in [3.63, 3.8) is 0 Å². The minimum atomic E-state index is 0. The summed E-state index contributed by atoms with van der Waals surface area (Å²) in [5, 5.41) is 0. The van der Waals surface area contributed by atoms with Crippen molar-refractivity contribution in [1.82, 2.24) is 0 Å². The third-order valence-corrected chi connectivity index (χ3v) is 4.42. The molecule has 0 saturated heterocycles. The molecule has 4 aliphatic rings. The largest absolute Gasteiger partial charge is 3.00 e. The maximum absolute atomic E-state index is 2.37. The predicted octanol–water partition coefficient (Wildman–Crippen LogP) is 2.49. The third kappa shape index (κ3) is 7.67. The number of hydrogen-bond acceptors (Lipinski definition) is 0. The van der Waals surface area contributed by atoms with Crippen molar-refractivity contribution < 1.29 is 38.6 Å². The first-order valence-corrected chi connectivity index (χ1v) is 10.8. The molecule has 0 aromatic rings. The van der Waals surface area contributed by atoms with Gasteiger partial charge in [0.05, 0.1) is 0 Å². The second-order valence-corrected chi connectivity index (χ2v) is 7.35. The minimum Gasteiger partial charge on any atom is -1.00 e. The number of rotatable bonds is 0. The van der Waals surface area contributed by atoms with Crippen LogP contribution in [0.15, 0.2) is 47.6 Å². The molecule has 3 heteroatoms. The van der Waals surface area contributed by atoms with Crippen LogP contribution < -0.4 is 12.4 Å². The maximum Gasteiger partial charge on any atom is 3.00 e. The van der Waals surface area contributed by atoms with Crippen LogP contribution in [0.3, 0.4) is 0 Å². The number of hydrogen-bond donors (Lipinski definition) is 0. The Hall–Kier alpha value is 0.0900. The number of halogens is 1. The third-order valence-electron chi connectivity index (χ3n) is 4.42. The SMILES string of the molecule is C1=CCC2CC[CH-]C2=C1.C1=CCC2CC[CH-]C2=C1.C[SiH]C.[Cl-].[Zr+3]. The Morgan fingerprint density at radius 3 is 1.61 bits per heavy atom. The van der Waals surface area contributed by atoms with Crippen LogP contribution in [0.5, 0.6) is 0 Å². The van der Waals surface area contributed by atoms with Gasteiger partial charge in [0.25, 0.3) is 0 Å². The van der Waals surface area contributed by atoms with Gasteiger partial charge in [-0.15, -0.1) is 37.1 Å². The van der Waals surface area contributed by atoms with Crippen molar-refractivity contribution in [2.45, 2.75) is 51.6 Å². The average molecular weight is 424 g/mol. The fourth-order valence-corrected chi connectivity index (χ4v) is 3.33. The molecule has 0 aromatic carbocycles. The summed E-state index contributed by atoms with van der Waals surface area (Å²) in [6.07, 6.45) is 26.1. The molecule has 124 valence electrons. The molecule has 0 nitrogen and oxygen atoms in total. The van der Waals surface area contributed by atoms with E-state index in [9.17, 15) is 0 Å². The molecule has 2 fully saturated rings. The quantitative estimate of drug-likeness (QED) is 0.414. The monoisotopic (exact) mass is 422 g/mol. The van der Waals surface area contributed by atoms with E-state index in [4.69, 9.17) is 0 Å². The summed E-state index contributed by atoms with van der Waals surface area (Å²) in [6.45, 7) is 4.42. The Kier molecular flexibility index (Phi) is 13.4. The fraction of sp³-hybridized carbons (Fsp3) is 0.500. The predicted molar refractivity (Wildman–Crippen MR) is 96.6 cm³/mol. The first kappa shape index (κ1) is 23.1. The van der Waals surface area contributed by atoms with E-state index in [1.165, 1.54) is 38.5 Å². The molecule has 0 bridgehead atoms.